The van der Waals surface area contributed by atoms with E-state index in [0.29, 0.717) is 17.5 Å². The van der Waals surface area contributed by atoms with Crippen molar-refractivity contribution in [3.05, 3.63) is 34.9 Å². The van der Waals surface area contributed by atoms with Gasteiger partial charge in [0.25, 0.3) is 0 Å². The first-order valence-electron chi connectivity index (χ1n) is 6.50. The van der Waals surface area contributed by atoms with Gasteiger partial charge in [-0.3, -0.25) is 0 Å². The summed E-state index contributed by atoms with van der Waals surface area (Å²) in [5, 5.41) is 4.58. The molecule has 0 heterocycles. The zero-order valence-electron chi connectivity index (χ0n) is 11.0. The van der Waals surface area contributed by atoms with Crippen molar-refractivity contribution in [2.24, 2.45) is 5.41 Å². The van der Waals surface area contributed by atoms with Crippen LogP contribution in [-0.2, 0) is 0 Å². The number of benzene rings is 1. The first kappa shape index (κ1) is 12.9. The third kappa shape index (κ3) is 3.02. The summed E-state index contributed by atoms with van der Waals surface area (Å²) in [5.41, 5.74) is 1.70. The van der Waals surface area contributed by atoms with Crippen LogP contribution in [0.15, 0.2) is 24.3 Å². The molecule has 2 heteroatoms. The van der Waals surface area contributed by atoms with Crippen LogP contribution in [0.2, 0.25) is 5.02 Å². The van der Waals surface area contributed by atoms with Crippen LogP contribution in [0.25, 0.3) is 0 Å². The fourth-order valence-corrected chi connectivity index (χ4v) is 3.01. The Labute approximate surface area is 110 Å². The summed E-state index contributed by atoms with van der Waals surface area (Å²) in [4.78, 5) is 0. The molecule has 0 bridgehead atoms. The summed E-state index contributed by atoms with van der Waals surface area (Å²) >= 11 is 6.03. The fraction of sp³-hybridized carbons (Fsp3) is 0.600. The van der Waals surface area contributed by atoms with Crippen LogP contribution in [0.5, 0.6) is 0 Å². The van der Waals surface area contributed by atoms with E-state index in [-0.39, 0.29) is 0 Å². The highest BCUT2D eigenvalue weighted by molar-refractivity contribution is 6.30. The molecule has 1 nitrogen and oxygen atoms in total. The second-order valence-electron chi connectivity index (χ2n) is 5.88. The predicted molar refractivity (Wildman–Crippen MR) is 74.4 cm³/mol. The van der Waals surface area contributed by atoms with Gasteiger partial charge in [0.05, 0.1) is 0 Å². The van der Waals surface area contributed by atoms with E-state index < -0.39 is 0 Å². The summed E-state index contributed by atoms with van der Waals surface area (Å²) in [6, 6.07) is 9.15. The molecule has 0 aromatic heterocycles. The van der Waals surface area contributed by atoms with Crippen LogP contribution in [0.4, 0.5) is 0 Å². The standard InChI is InChI=1S/C15H22ClN/c1-11(12-6-4-7-13(16)10-12)17-14-8-5-9-15(14,2)3/h4,6-7,10-11,14,17H,5,8-9H2,1-3H3. The summed E-state index contributed by atoms with van der Waals surface area (Å²) in [6.07, 6.45) is 3.96. The fourth-order valence-electron chi connectivity index (χ4n) is 2.81. The van der Waals surface area contributed by atoms with E-state index >= 15 is 0 Å². The highest BCUT2D eigenvalue weighted by atomic mass is 35.5. The molecule has 1 aliphatic rings. The van der Waals surface area contributed by atoms with E-state index in [4.69, 9.17) is 11.6 Å². The number of halogens is 1. The zero-order valence-corrected chi connectivity index (χ0v) is 11.7. The van der Waals surface area contributed by atoms with Gasteiger partial charge in [0.1, 0.15) is 0 Å². The maximum atomic E-state index is 6.03. The number of hydrogen-bond donors (Lipinski definition) is 1. The van der Waals surface area contributed by atoms with Crippen molar-refractivity contribution >= 4 is 11.6 Å². The van der Waals surface area contributed by atoms with Crippen LogP contribution in [0, 0.1) is 5.41 Å². The van der Waals surface area contributed by atoms with Gasteiger partial charge >= 0.3 is 0 Å². The average Bonchev–Trinajstić information content (AvgIpc) is 2.58. The van der Waals surface area contributed by atoms with Crippen LogP contribution < -0.4 is 5.32 Å². The molecule has 0 saturated heterocycles. The van der Waals surface area contributed by atoms with Gasteiger partial charge in [-0.25, -0.2) is 0 Å². The number of rotatable bonds is 3. The van der Waals surface area contributed by atoms with E-state index in [1.807, 2.05) is 12.1 Å². The minimum absolute atomic E-state index is 0.371. The molecule has 1 aromatic carbocycles. The van der Waals surface area contributed by atoms with E-state index in [1.165, 1.54) is 24.8 Å². The van der Waals surface area contributed by atoms with Crippen LogP contribution in [0.1, 0.15) is 51.6 Å². The van der Waals surface area contributed by atoms with Gasteiger partial charge in [0.15, 0.2) is 0 Å². The van der Waals surface area contributed by atoms with Crippen LogP contribution in [-0.4, -0.2) is 6.04 Å². The highest BCUT2D eigenvalue weighted by Crippen LogP contribution is 2.38. The molecule has 2 atom stereocenters. The van der Waals surface area contributed by atoms with Gasteiger partial charge in [0.2, 0.25) is 0 Å². The molecular weight excluding hydrogens is 230 g/mol. The van der Waals surface area contributed by atoms with E-state index in [9.17, 15) is 0 Å². The molecule has 0 aliphatic heterocycles. The monoisotopic (exact) mass is 251 g/mol. The van der Waals surface area contributed by atoms with Crippen molar-refractivity contribution in [3.8, 4) is 0 Å². The largest absolute Gasteiger partial charge is 0.307 e. The Bertz CT molecular complexity index is 386. The molecule has 0 amide bonds. The second kappa shape index (κ2) is 4.99. The lowest BCUT2D eigenvalue weighted by Crippen LogP contribution is -2.39. The number of nitrogens with one attached hydrogen (secondary N) is 1. The Morgan fingerprint density at radius 2 is 2.18 bits per heavy atom. The Hall–Kier alpha value is -0.530. The molecule has 17 heavy (non-hydrogen) atoms. The molecular formula is C15H22ClN. The maximum absolute atomic E-state index is 6.03. The Morgan fingerprint density at radius 1 is 1.41 bits per heavy atom. The van der Waals surface area contributed by atoms with E-state index in [0.717, 1.165) is 5.02 Å². The van der Waals surface area contributed by atoms with Gasteiger partial charge in [-0.05, 0) is 42.9 Å². The first-order chi connectivity index (χ1) is 7.99. The smallest absolute Gasteiger partial charge is 0.0409 e. The zero-order chi connectivity index (χ0) is 12.5. The highest BCUT2D eigenvalue weighted by Gasteiger charge is 2.34. The topological polar surface area (TPSA) is 12.0 Å². The minimum atomic E-state index is 0.371. The van der Waals surface area contributed by atoms with Gasteiger partial charge in [0, 0.05) is 17.1 Å². The summed E-state index contributed by atoms with van der Waals surface area (Å²) in [6.45, 7) is 6.95. The van der Waals surface area contributed by atoms with Gasteiger partial charge in [-0.2, -0.15) is 0 Å². The predicted octanol–water partition coefficient (Wildman–Crippen LogP) is 4.57. The molecule has 94 valence electrons. The Balaban J connectivity index is 2.04. The third-order valence-corrected chi connectivity index (χ3v) is 4.29. The minimum Gasteiger partial charge on any atom is -0.307 e. The van der Waals surface area contributed by atoms with Gasteiger partial charge < -0.3 is 5.32 Å². The molecule has 1 N–H and O–H groups in total. The number of hydrogen-bond acceptors (Lipinski definition) is 1. The molecule has 1 aliphatic carbocycles. The molecule has 0 spiro atoms. The maximum Gasteiger partial charge on any atom is 0.0409 e. The summed E-state index contributed by atoms with van der Waals surface area (Å²) < 4.78 is 0. The quantitative estimate of drug-likeness (QED) is 0.830. The molecule has 1 saturated carbocycles. The summed E-state index contributed by atoms with van der Waals surface area (Å²) in [5.74, 6) is 0. The lowest BCUT2D eigenvalue weighted by Gasteiger charge is -2.31. The molecule has 1 aromatic rings. The van der Waals surface area contributed by atoms with Crippen molar-refractivity contribution in [2.75, 3.05) is 0 Å². The SMILES string of the molecule is CC(NC1CCCC1(C)C)c1cccc(Cl)c1. The molecule has 0 radical (unpaired) electrons. The first-order valence-corrected chi connectivity index (χ1v) is 6.88. The Kier molecular flexibility index (Phi) is 3.79. The average molecular weight is 252 g/mol. The third-order valence-electron chi connectivity index (χ3n) is 4.06. The van der Waals surface area contributed by atoms with Crippen molar-refractivity contribution in [2.45, 2.75) is 52.1 Å². The second-order valence-corrected chi connectivity index (χ2v) is 6.31. The normalized spacial score (nSPS) is 24.8. The molecule has 1 fully saturated rings. The van der Waals surface area contributed by atoms with Gasteiger partial charge in [-0.15, -0.1) is 0 Å². The molecule has 2 unspecified atom stereocenters. The van der Waals surface area contributed by atoms with Crippen molar-refractivity contribution in [1.82, 2.24) is 5.32 Å². The van der Waals surface area contributed by atoms with Crippen molar-refractivity contribution in [3.63, 3.8) is 0 Å². The lowest BCUT2D eigenvalue weighted by molar-refractivity contribution is 0.266. The van der Waals surface area contributed by atoms with Crippen LogP contribution >= 0.6 is 11.6 Å². The van der Waals surface area contributed by atoms with Crippen LogP contribution in [0.3, 0.4) is 0 Å². The summed E-state index contributed by atoms with van der Waals surface area (Å²) in [7, 11) is 0. The van der Waals surface area contributed by atoms with E-state index in [2.05, 4.69) is 38.2 Å². The molecule has 2 rings (SSSR count). The van der Waals surface area contributed by atoms with Crippen molar-refractivity contribution < 1.29 is 0 Å². The van der Waals surface area contributed by atoms with E-state index in [1.54, 1.807) is 0 Å². The Morgan fingerprint density at radius 3 is 2.76 bits per heavy atom. The lowest BCUT2D eigenvalue weighted by atomic mass is 9.86. The van der Waals surface area contributed by atoms with Gasteiger partial charge in [-0.1, -0.05) is 44.0 Å². The van der Waals surface area contributed by atoms with Crippen molar-refractivity contribution in [1.29, 1.82) is 0 Å².